The zero-order chi connectivity index (χ0) is 13.0. The minimum Gasteiger partial charge on any atom is -0.494 e. The third-order valence-corrected chi connectivity index (χ3v) is 3.10. The molecular weight excluding hydrogens is 238 g/mol. The Morgan fingerprint density at radius 3 is 2.89 bits per heavy atom. The van der Waals surface area contributed by atoms with Crippen LogP contribution in [0.3, 0.4) is 0 Å². The maximum atomic E-state index is 12.2. The molecule has 0 spiro atoms. The molecule has 0 aliphatic carbocycles. The van der Waals surface area contributed by atoms with Crippen molar-refractivity contribution in [2.45, 2.75) is 25.3 Å². The smallest absolute Gasteiger partial charge is 0.328 e. The first-order valence-electron chi connectivity index (χ1n) is 6.07. The summed E-state index contributed by atoms with van der Waals surface area (Å²) in [5.74, 6) is -0.512. The Balaban J connectivity index is 2.10. The fraction of sp³-hybridized carbons (Fsp3) is 0.667. The molecule has 6 nitrogen and oxygen atoms in total. The van der Waals surface area contributed by atoms with Gasteiger partial charge in [-0.05, 0) is 19.3 Å². The average Bonchev–Trinajstić information content (AvgIpc) is 2.46. The fourth-order valence-corrected chi connectivity index (χ4v) is 2.18. The topological polar surface area (TPSA) is 65.1 Å². The van der Waals surface area contributed by atoms with E-state index in [1.165, 1.54) is 18.3 Å². The molecular formula is C12H17NO5. The minimum absolute atomic E-state index is 0.164. The molecule has 18 heavy (non-hydrogen) atoms. The van der Waals surface area contributed by atoms with Crippen molar-refractivity contribution in [3.05, 3.63) is 12.0 Å². The lowest BCUT2D eigenvalue weighted by atomic mass is 10.0. The van der Waals surface area contributed by atoms with E-state index in [-0.39, 0.29) is 17.6 Å². The van der Waals surface area contributed by atoms with E-state index in [2.05, 4.69) is 0 Å². The van der Waals surface area contributed by atoms with Crippen molar-refractivity contribution >= 4 is 11.9 Å². The van der Waals surface area contributed by atoms with Gasteiger partial charge in [0.05, 0.1) is 7.11 Å². The quantitative estimate of drug-likeness (QED) is 0.669. The molecule has 1 saturated heterocycles. The van der Waals surface area contributed by atoms with Crippen molar-refractivity contribution in [2.75, 3.05) is 26.9 Å². The molecule has 0 radical (unpaired) electrons. The highest BCUT2D eigenvalue weighted by molar-refractivity contribution is 5.94. The first kappa shape index (κ1) is 12.7. The van der Waals surface area contributed by atoms with Gasteiger partial charge in [-0.3, -0.25) is 4.79 Å². The highest BCUT2D eigenvalue weighted by atomic mass is 16.6. The fourth-order valence-electron chi connectivity index (χ4n) is 2.18. The molecule has 100 valence electrons. The summed E-state index contributed by atoms with van der Waals surface area (Å²) in [6.07, 6.45) is 3.74. The highest BCUT2D eigenvalue weighted by Gasteiger charge is 2.35. The van der Waals surface area contributed by atoms with E-state index in [1.54, 1.807) is 0 Å². The van der Waals surface area contributed by atoms with Crippen molar-refractivity contribution in [1.29, 1.82) is 0 Å². The molecule has 1 atom stereocenters. The Morgan fingerprint density at radius 2 is 2.22 bits per heavy atom. The van der Waals surface area contributed by atoms with Crippen LogP contribution >= 0.6 is 0 Å². The van der Waals surface area contributed by atoms with Gasteiger partial charge in [0.1, 0.15) is 25.5 Å². The predicted molar refractivity (Wildman–Crippen MR) is 61.4 cm³/mol. The average molecular weight is 255 g/mol. The third-order valence-electron chi connectivity index (χ3n) is 3.10. The van der Waals surface area contributed by atoms with Gasteiger partial charge in [0, 0.05) is 6.54 Å². The number of carbonyl (C=O) groups is 2. The summed E-state index contributed by atoms with van der Waals surface area (Å²) in [6.45, 7) is 1.34. The number of piperidine rings is 1. The molecule has 2 aliphatic rings. The summed E-state index contributed by atoms with van der Waals surface area (Å²) in [7, 11) is 1.33. The molecule has 0 aromatic carbocycles. The molecule has 0 saturated carbocycles. The number of rotatable bonds is 2. The van der Waals surface area contributed by atoms with E-state index >= 15 is 0 Å². The zero-order valence-electron chi connectivity index (χ0n) is 10.4. The molecule has 0 aromatic heterocycles. The Labute approximate surface area is 105 Å². The third kappa shape index (κ3) is 2.57. The molecule has 2 heterocycles. The van der Waals surface area contributed by atoms with Crippen molar-refractivity contribution in [3.63, 3.8) is 0 Å². The van der Waals surface area contributed by atoms with Crippen LogP contribution in [0.5, 0.6) is 0 Å². The predicted octanol–water partition coefficient (Wildman–Crippen LogP) is 0.429. The number of esters is 1. The number of likely N-dealkylation sites (tertiary alicyclic amines) is 1. The van der Waals surface area contributed by atoms with E-state index in [0.29, 0.717) is 26.2 Å². The number of hydrogen-bond donors (Lipinski definition) is 0. The standard InChI is InChI=1S/C12H17NO5/c1-16-12(15)9-4-2-3-5-13(9)11(14)10-8-17-6-7-18-10/h8-9H,2-7H2,1H3. The number of amides is 1. The van der Waals surface area contributed by atoms with E-state index in [0.717, 1.165) is 12.8 Å². The van der Waals surface area contributed by atoms with Gasteiger partial charge in [-0.25, -0.2) is 4.79 Å². The lowest BCUT2D eigenvalue weighted by Gasteiger charge is -2.34. The minimum atomic E-state index is -0.511. The van der Waals surface area contributed by atoms with Crippen LogP contribution < -0.4 is 0 Å². The van der Waals surface area contributed by atoms with Crippen molar-refractivity contribution < 1.29 is 23.8 Å². The van der Waals surface area contributed by atoms with Gasteiger partial charge >= 0.3 is 5.97 Å². The van der Waals surface area contributed by atoms with E-state index in [4.69, 9.17) is 14.2 Å². The Hall–Kier alpha value is -1.72. The van der Waals surface area contributed by atoms with Crippen LogP contribution in [0.15, 0.2) is 12.0 Å². The second-order valence-corrected chi connectivity index (χ2v) is 4.23. The zero-order valence-corrected chi connectivity index (χ0v) is 10.4. The Morgan fingerprint density at radius 1 is 1.39 bits per heavy atom. The second-order valence-electron chi connectivity index (χ2n) is 4.23. The lowest BCUT2D eigenvalue weighted by molar-refractivity contribution is -0.154. The summed E-state index contributed by atoms with van der Waals surface area (Å²) in [4.78, 5) is 25.4. The van der Waals surface area contributed by atoms with Gasteiger partial charge in [-0.2, -0.15) is 0 Å². The van der Waals surface area contributed by atoms with Crippen LogP contribution in [-0.4, -0.2) is 49.7 Å². The summed E-state index contributed by atoms with van der Waals surface area (Å²) in [6, 6.07) is -0.511. The van der Waals surface area contributed by atoms with Gasteiger partial charge in [0.25, 0.3) is 5.91 Å². The molecule has 0 aromatic rings. The summed E-state index contributed by atoms with van der Waals surface area (Å²) >= 11 is 0. The SMILES string of the molecule is COC(=O)C1CCCCN1C(=O)C1=COCCO1. The number of ether oxygens (including phenoxy) is 3. The van der Waals surface area contributed by atoms with Crippen LogP contribution in [0, 0.1) is 0 Å². The van der Waals surface area contributed by atoms with Crippen LogP contribution in [0.4, 0.5) is 0 Å². The van der Waals surface area contributed by atoms with E-state index in [1.807, 2.05) is 0 Å². The van der Waals surface area contributed by atoms with Crippen molar-refractivity contribution in [1.82, 2.24) is 4.90 Å². The molecule has 1 amide bonds. The van der Waals surface area contributed by atoms with Crippen molar-refractivity contribution in [3.8, 4) is 0 Å². The van der Waals surface area contributed by atoms with Gasteiger partial charge in [0.2, 0.25) is 5.76 Å². The number of methoxy groups -OCH3 is 1. The first-order valence-corrected chi connectivity index (χ1v) is 6.07. The molecule has 1 fully saturated rings. The normalized spacial score (nSPS) is 23.5. The monoisotopic (exact) mass is 255 g/mol. The summed E-state index contributed by atoms with van der Waals surface area (Å²) in [5, 5.41) is 0. The van der Waals surface area contributed by atoms with Crippen LogP contribution in [0.25, 0.3) is 0 Å². The number of hydrogen-bond acceptors (Lipinski definition) is 5. The van der Waals surface area contributed by atoms with E-state index in [9.17, 15) is 9.59 Å². The largest absolute Gasteiger partial charge is 0.494 e. The van der Waals surface area contributed by atoms with Gasteiger partial charge in [0.15, 0.2) is 0 Å². The molecule has 0 N–H and O–H groups in total. The number of carbonyl (C=O) groups excluding carboxylic acids is 2. The van der Waals surface area contributed by atoms with Gasteiger partial charge in [-0.15, -0.1) is 0 Å². The molecule has 0 bridgehead atoms. The molecule has 1 unspecified atom stereocenters. The molecule has 6 heteroatoms. The second kappa shape index (κ2) is 5.75. The van der Waals surface area contributed by atoms with Crippen LogP contribution in [-0.2, 0) is 23.8 Å². The maximum Gasteiger partial charge on any atom is 0.328 e. The van der Waals surface area contributed by atoms with Gasteiger partial charge in [-0.1, -0.05) is 0 Å². The Bertz CT molecular complexity index is 365. The van der Waals surface area contributed by atoms with Crippen LogP contribution in [0.1, 0.15) is 19.3 Å². The van der Waals surface area contributed by atoms with Gasteiger partial charge < -0.3 is 19.1 Å². The lowest BCUT2D eigenvalue weighted by Crippen LogP contribution is -2.49. The number of nitrogens with zero attached hydrogens (tertiary/aromatic N) is 1. The molecule has 2 aliphatic heterocycles. The van der Waals surface area contributed by atoms with Crippen LogP contribution in [0.2, 0.25) is 0 Å². The highest BCUT2D eigenvalue weighted by Crippen LogP contribution is 2.21. The summed E-state index contributed by atoms with van der Waals surface area (Å²) in [5.41, 5.74) is 0. The van der Waals surface area contributed by atoms with Crippen molar-refractivity contribution in [2.24, 2.45) is 0 Å². The first-order chi connectivity index (χ1) is 8.74. The molecule has 2 rings (SSSR count). The Kier molecular flexibility index (Phi) is 4.07. The van der Waals surface area contributed by atoms with E-state index < -0.39 is 6.04 Å². The summed E-state index contributed by atoms with van der Waals surface area (Å²) < 4.78 is 15.0. The maximum absolute atomic E-state index is 12.2.